The van der Waals surface area contributed by atoms with Crippen LogP contribution < -0.4 is 22.1 Å². The van der Waals surface area contributed by atoms with Gasteiger partial charge < -0.3 is 46.5 Å². The molecule has 2 aromatic carbocycles. The number of carbonyl (C=O) groups is 4. The fourth-order valence-corrected chi connectivity index (χ4v) is 6.65. The lowest BCUT2D eigenvalue weighted by molar-refractivity contribution is -0.136. The van der Waals surface area contributed by atoms with Crippen LogP contribution in [0.15, 0.2) is 48.7 Å². The monoisotopic (exact) mass is 724 g/mol. The minimum Gasteiger partial charge on any atom is -0.405 e. The summed E-state index contributed by atoms with van der Waals surface area (Å²) in [5.74, 6) is -0.0350. The highest BCUT2D eigenvalue weighted by atomic mass is 32.1. The number of amides is 3. The van der Waals surface area contributed by atoms with Crippen molar-refractivity contribution in [2.24, 2.45) is 5.73 Å². The van der Waals surface area contributed by atoms with Crippen molar-refractivity contribution >= 4 is 71.0 Å². The van der Waals surface area contributed by atoms with E-state index < -0.39 is 18.8 Å². The van der Waals surface area contributed by atoms with E-state index in [-0.39, 0.29) is 17.7 Å². The molecular formula is C32H43F2N6O7PS. The van der Waals surface area contributed by atoms with E-state index in [0.717, 1.165) is 72.8 Å². The van der Waals surface area contributed by atoms with E-state index in [1.165, 1.54) is 25.4 Å². The number of rotatable bonds is 5. The molecule has 3 aromatic rings. The van der Waals surface area contributed by atoms with Crippen molar-refractivity contribution in [3.05, 3.63) is 64.7 Å². The number of thiophene rings is 1. The first-order valence-electron chi connectivity index (χ1n) is 15.1. The molecule has 1 atom stereocenters. The van der Waals surface area contributed by atoms with Gasteiger partial charge in [0, 0.05) is 74.8 Å². The number of fused-ring (bicyclic) bond motifs is 2. The van der Waals surface area contributed by atoms with Crippen LogP contribution in [0.4, 0.5) is 20.2 Å². The lowest BCUT2D eigenvalue weighted by Crippen LogP contribution is -2.44. The van der Waals surface area contributed by atoms with Crippen molar-refractivity contribution in [2.45, 2.75) is 44.3 Å². The van der Waals surface area contributed by atoms with E-state index in [1.807, 2.05) is 36.9 Å². The maximum absolute atomic E-state index is 13.6. The Morgan fingerprint density at radius 1 is 1.08 bits per heavy atom. The molecule has 1 aromatic heterocycles. The Labute approximate surface area is 287 Å². The van der Waals surface area contributed by atoms with Crippen LogP contribution in [0, 0.1) is 0 Å². The normalized spacial score (nSPS) is 16.1. The van der Waals surface area contributed by atoms with E-state index in [2.05, 4.69) is 10.6 Å². The largest absolute Gasteiger partial charge is 0.405 e. The van der Waals surface area contributed by atoms with Gasteiger partial charge in [-0.25, -0.2) is 0 Å². The highest BCUT2D eigenvalue weighted by Crippen LogP contribution is 2.59. The molecule has 13 nitrogen and oxygen atoms in total. The molecule has 2 aliphatic heterocycles. The van der Waals surface area contributed by atoms with Crippen LogP contribution in [0.2, 0.25) is 0 Å². The first kappa shape index (κ1) is 40.8. The van der Waals surface area contributed by atoms with Crippen LogP contribution in [0.1, 0.15) is 53.4 Å². The van der Waals surface area contributed by atoms with Crippen LogP contribution >= 0.6 is 18.9 Å². The number of anilines is 2. The van der Waals surface area contributed by atoms with Crippen LogP contribution in [0.25, 0.3) is 16.2 Å². The van der Waals surface area contributed by atoms with Crippen LogP contribution in [0.5, 0.6) is 0 Å². The SMILES string of the molecule is C=O.CC(=O)N1CCC(=O)N2CCCC2CC1.CNC(=O)c1cc2cc(C(F)(F)P(=O)(O)O)ccc2s1.CNc1ccc(/C=C\N)c(N)c1. The third-order valence-corrected chi connectivity index (χ3v) is 9.91. The van der Waals surface area contributed by atoms with Gasteiger partial charge in [0.25, 0.3) is 5.91 Å². The Balaban J connectivity index is 0.000000257. The van der Waals surface area contributed by atoms with E-state index in [9.17, 15) is 27.7 Å². The molecule has 2 aliphatic rings. The molecule has 0 bridgehead atoms. The zero-order valence-corrected chi connectivity index (χ0v) is 29.2. The summed E-state index contributed by atoms with van der Waals surface area (Å²) in [5.41, 5.74) is 8.62. The highest BCUT2D eigenvalue weighted by molar-refractivity contribution is 7.52. The molecule has 0 saturated carbocycles. The van der Waals surface area contributed by atoms with Crippen LogP contribution in [-0.4, -0.2) is 83.9 Å². The summed E-state index contributed by atoms with van der Waals surface area (Å²) in [7, 11) is -2.30. The summed E-state index contributed by atoms with van der Waals surface area (Å²) in [6, 6.07) is 10.8. The van der Waals surface area contributed by atoms with Gasteiger partial charge in [0.05, 0.1) is 4.88 Å². The predicted octanol–water partition coefficient (Wildman–Crippen LogP) is 4.16. The van der Waals surface area contributed by atoms with Gasteiger partial charge >= 0.3 is 13.3 Å². The first-order chi connectivity index (χ1) is 23.1. The third kappa shape index (κ3) is 10.8. The molecule has 0 aliphatic carbocycles. The van der Waals surface area contributed by atoms with Gasteiger partial charge in [0.1, 0.15) is 6.79 Å². The van der Waals surface area contributed by atoms with Gasteiger partial charge in [-0.2, -0.15) is 8.78 Å². The first-order valence-corrected chi connectivity index (χ1v) is 17.5. The van der Waals surface area contributed by atoms with Gasteiger partial charge in [0.15, 0.2) is 0 Å². The van der Waals surface area contributed by atoms with Gasteiger partial charge in [-0.15, -0.1) is 11.3 Å². The van der Waals surface area contributed by atoms with Crippen LogP contribution in [-0.2, 0) is 24.6 Å². The molecule has 3 heterocycles. The predicted molar refractivity (Wildman–Crippen MR) is 188 cm³/mol. The lowest BCUT2D eigenvalue weighted by atomic mass is 10.1. The number of nitrogen functional groups attached to an aromatic ring is 1. The van der Waals surface area contributed by atoms with Crippen molar-refractivity contribution in [1.29, 1.82) is 0 Å². The Morgan fingerprint density at radius 2 is 1.78 bits per heavy atom. The Hall–Kier alpha value is -4.37. The molecule has 0 spiro atoms. The van der Waals surface area contributed by atoms with Gasteiger partial charge in [0.2, 0.25) is 11.8 Å². The fourth-order valence-electron chi connectivity index (χ4n) is 5.19. The Kier molecular flexibility index (Phi) is 15.3. The standard InChI is InChI=1S/C11H10F2NO4PS.C11H18N2O2.C9H13N3.CH2O/c1-14-10(15)9-5-6-4-7(2-3-8(6)20-9)11(12,13)19(16,17)18;1-9(14)12-7-4-10-3-2-6-13(10)11(15)5-8-12;1-12-8-3-2-7(4-5-10)9(11)6-8;1-2/h2-5H,1H3,(H,14,15)(H2,16,17,18);10H,2-8H2,1H3;2-6,12H,10-11H2,1H3;1H2/b;;5-4-;. The molecule has 2 saturated heterocycles. The molecule has 8 N–H and O–H groups in total. The quantitative estimate of drug-likeness (QED) is 0.164. The average molecular weight is 725 g/mol. The smallest absolute Gasteiger partial charge is 0.399 e. The molecule has 49 heavy (non-hydrogen) atoms. The fraction of sp³-hybridized carbons (Fsp3) is 0.375. The number of nitrogens with zero attached hydrogens (tertiary/aromatic N) is 2. The molecular weight excluding hydrogens is 681 g/mol. The summed E-state index contributed by atoms with van der Waals surface area (Å²) in [5, 5.41) is 5.74. The number of carbonyl (C=O) groups excluding carboxylic acids is 4. The summed E-state index contributed by atoms with van der Waals surface area (Å²) in [6.07, 6.45) is 6.93. The molecule has 3 amide bonds. The number of nitrogens with two attached hydrogens (primary N) is 2. The zero-order valence-electron chi connectivity index (χ0n) is 27.5. The lowest BCUT2D eigenvalue weighted by Gasteiger charge is -2.31. The number of alkyl halides is 2. The minimum atomic E-state index is -5.60. The van der Waals surface area contributed by atoms with Gasteiger partial charge in [-0.05, 0) is 72.8 Å². The average Bonchev–Trinajstić information content (AvgIpc) is 3.72. The van der Waals surface area contributed by atoms with Crippen molar-refractivity contribution in [3.63, 3.8) is 0 Å². The number of hydrogen-bond donors (Lipinski definition) is 6. The second-order valence-corrected chi connectivity index (χ2v) is 13.6. The Bertz CT molecular complexity index is 1680. The maximum Gasteiger partial charge on any atom is 0.399 e. The van der Waals surface area contributed by atoms with Crippen LogP contribution in [0.3, 0.4) is 0 Å². The summed E-state index contributed by atoms with van der Waals surface area (Å²) in [6.45, 7) is 5.91. The number of nitrogens with one attached hydrogen (secondary N) is 2. The van der Waals surface area contributed by atoms with Crippen molar-refractivity contribution in [1.82, 2.24) is 15.1 Å². The van der Waals surface area contributed by atoms with Crippen molar-refractivity contribution < 1.29 is 42.3 Å². The summed E-state index contributed by atoms with van der Waals surface area (Å²) >= 11 is 1.11. The molecule has 5 rings (SSSR count). The second kappa shape index (κ2) is 18.4. The molecule has 2 fully saturated rings. The molecule has 0 radical (unpaired) electrons. The Morgan fingerprint density at radius 3 is 2.35 bits per heavy atom. The minimum absolute atomic E-state index is 0.0919. The number of halogens is 2. The number of benzene rings is 2. The summed E-state index contributed by atoms with van der Waals surface area (Å²) < 4.78 is 38.6. The second-order valence-electron chi connectivity index (χ2n) is 10.9. The summed E-state index contributed by atoms with van der Waals surface area (Å²) in [4.78, 5) is 64.1. The van der Waals surface area contributed by atoms with Gasteiger partial charge in [-0.3, -0.25) is 18.9 Å². The van der Waals surface area contributed by atoms with E-state index in [0.29, 0.717) is 34.0 Å². The number of hydrogen-bond acceptors (Lipinski definition) is 9. The maximum atomic E-state index is 13.6. The van der Waals surface area contributed by atoms with Crippen molar-refractivity contribution in [3.8, 4) is 0 Å². The van der Waals surface area contributed by atoms with Gasteiger partial charge in [-0.1, -0.05) is 12.1 Å². The zero-order chi connectivity index (χ0) is 36.9. The van der Waals surface area contributed by atoms with E-state index in [1.54, 1.807) is 17.9 Å². The third-order valence-electron chi connectivity index (χ3n) is 7.80. The highest BCUT2D eigenvalue weighted by Gasteiger charge is 2.50. The molecule has 17 heteroatoms. The van der Waals surface area contributed by atoms with E-state index in [4.69, 9.17) is 26.0 Å². The van der Waals surface area contributed by atoms with E-state index >= 15 is 0 Å². The van der Waals surface area contributed by atoms with Crippen molar-refractivity contribution in [2.75, 3.05) is 44.8 Å². The molecule has 1 unspecified atom stereocenters. The topological polar surface area (TPSA) is 208 Å². The molecule has 268 valence electrons.